The maximum atomic E-state index is 13.3. The zero-order chi connectivity index (χ0) is 29.9. The Morgan fingerprint density at radius 2 is 1.73 bits per heavy atom. The highest BCUT2D eigenvalue weighted by Gasteiger charge is 2.39. The molecule has 0 radical (unpaired) electrons. The molecule has 0 aromatic heterocycles. The number of hydrogen-bond donors (Lipinski definition) is 4. The molecule has 4 amide bonds. The average Bonchev–Trinajstić information content (AvgIpc) is 3.39. The number of likely N-dealkylation sites (tertiary alicyclic amines) is 1. The van der Waals surface area contributed by atoms with Crippen molar-refractivity contribution < 1.29 is 33.8 Å². The monoisotopic (exact) mass is 560 g/mol. The Morgan fingerprint density at radius 3 is 2.33 bits per heavy atom. The van der Waals surface area contributed by atoms with Gasteiger partial charge in [-0.1, -0.05) is 65.0 Å². The van der Waals surface area contributed by atoms with Gasteiger partial charge >= 0.3 is 12.1 Å². The molecule has 0 spiro atoms. The lowest BCUT2D eigenvalue weighted by molar-refractivity contribution is -0.150. The maximum Gasteiger partial charge on any atom is 0.407 e. The number of hydrogen-bond acceptors (Lipinski definition) is 6. The van der Waals surface area contributed by atoms with E-state index in [1.54, 1.807) is 34.6 Å². The number of aliphatic carboxylic acids is 1. The molecule has 1 aliphatic heterocycles. The molecule has 4 N–H and O–H groups in total. The first-order valence-electron chi connectivity index (χ1n) is 13.9. The van der Waals surface area contributed by atoms with Crippen molar-refractivity contribution in [3.05, 3.63) is 35.9 Å². The lowest BCUT2D eigenvalue weighted by Crippen LogP contribution is -2.58. The van der Waals surface area contributed by atoms with E-state index >= 15 is 0 Å². The predicted octanol–water partition coefficient (Wildman–Crippen LogP) is 2.83. The van der Waals surface area contributed by atoms with Crippen LogP contribution in [0.15, 0.2) is 30.3 Å². The van der Waals surface area contributed by atoms with Crippen LogP contribution in [0.4, 0.5) is 4.79 Å². The Balaban J connectivity index is 1.95. The van der Waals surface area contributed by atoms with E-state index in [1.807, 2.05) is 30.3 Å². The molecular weight excluding hydrogens is 516 g/mol. The minimum absolute atomic E-state index is 0.161. The third-order valence-electron chi connectivity index (χ3n) is 6.76. The Kier molecular flexibility index (Phi) is 12.4. The molecule has 1 aromatic carbocycles. The summed E-state index contributed by atoms with van der Waals surface area (Å²) in [6.45, 7) is 9.58. The molecule has 3 atom stereocenters. The van der Waals surface area contributed by atoms with Crippen molar-refractivity contribution in [2.24, 2.45) is 11.3 Å². The van der Waals surface area contributed by atoms with Gasteiger partial charge in [-0.2, -0.15) is 0 Å². The number of carbonyl (C=O) groups is 5. The molecule has 1 heterocycles. The molecule has 0 bridgehead atoms. The third-order valence-corrected chi connectivity index (χ3v) is 6.76. The molecule has 11 nitrogen and oxygen atoms in total. The fourth-order valence-electron chi connectivity index (χ4n) is 4.31. The number of alkyl carbamates (subject to hydrolysis) is 1. The zero-order valence-corrected chi connectivity index (χ0v) is 24.2. The number of rotatable bonds is 13. The van der Waals surface area contributed by atoms with Crippen molar-refractivity contribution in [1.82, 2.24) is 20.9 Å². The second-order valence-corrected chi connectivity index (χ2v) is 11.5. The van der Waals surface area contributed by atoms with Crippen LogP contribution in [0.3, 0.4) is 0 Å². The second-order valence-electron chi connectivity index (χ2n) is 11.5. The molecule has 1 saturated heterocycles. The highest BCUT2D eigenvalue weighted by Crippen LogP contribution is 2.21. The standard InChI is InChI=1S/C29H44N4O7/c1-19(2)23(25(35)33-17-11-15-22(33)26(36)37)32-24(34)21(31-27(38)29(3,4)5)14-9-10-16-30-28(39)40-18-20-12-7-6-8-13-20/h6-8,12-13,19,21-23H,9-11,14-18H2,1-5H3,(H,30,39)(H,31,38)(H,32,34)(H,36,37)/t21-,22-,23-/m0/s1. The summed E-state index contributed by atoms with van der Waals surface area (Å²) < 4.78 is 5.19. The van der Waals surface area contributed by atoms with Crippen molar-refractivity contribution in [3.63, 3.8) is 0 Å². The van der Waals surface area contributed by atoms with Crippen molar-refractivity contribution in [2.75, 3.05) is 13.1 Å². The molecule has 0 aliphatic carbocycles. The SMILES string of the molecule is CC(C)[C@H](NC(=O)[C@H](CCCCNC(=O)OCc1ccccc1)NC(=O)C(C)(C)C)C(=O)N1CCC[C@H]1C(=O)O. The van der Waals surface area contributed by atoms with Crippen LogP contribution in [0.5, 0.6) is 0 Å². The number of carbonyl (C=O) groups excluding carboxylic acids is 4. The largest absolute Gasteiger partial charge is 0.480 e. The summed E-state index contributed by atoms with van der Waals surface area (Å²) in [5.74, 6) is -2.62. The molecular formula is C29H44N4O7. The van der Waals surface area contributed by atoms with Crippen LogP contribution in [0, 0.1) is 11.3 Å². The van der Waals surface area contributed by atoms with Crippen LogP contribution in [-0.4, -0.2) is 71.0 Å². The third kappa shape index (κ3) is 10.2. The maximum absolute atomic E-state index is 13.3. The minimum Gasteiger partial charge on any atom is -0.480 e. The van der Waals surface area contributed by atoms with Crippen LogP contribution in [0.25, 0.3) is 0 Å². The molecule has 2 rings (SSSR count). The topological polar surface area (TPSA) is 154 Å². The number of amides is 4. The van der Waals surface area contributed by atoms with E-state index in [2.05, 4.69) is 16.0 Å². The van der Waals surface area contributed by atoms with Gasteiger partial charge in [0.2, 0.25) is 17.7 Å². The summed E-state index contributed by atoms with van der Waals surface area (Å²) in [6.07, 6.45) is 1.75. The molecule has 1 aromatic rings. The van der Waals surface area contributed by atoms with Crippen molar-refractivity contribution >= 4 is 29.8 Å². The number of nitrogens with one attached hydrogen (secondary N) is 3. The Bertz CT molecular complexity index is 1020. The predicted molar refractivity (Wildman–Crippen MR) is 149 cm³/mol. The van der Waals surface area contributed by atoms with E-state index in [1.165, 1.54) is 4.90 Å². The van der Waals surface area contributed by atoms with Gasteiger partial charge in [-0.15, -0.1) is 0 Å². The Morgan fingerprint density at radius 1 is 1.05 bits per heavy atom. The van der Waals surface area contributed by atoms with E-state index in [0.717, 1.165) is 5.56 Å². The van der Waals surface area contributed by atoms with Crippen LogP contribution in [-0.2, 0) is 30.5 Å². The lowest BCUT2D eigenvalue weighted by Gasteiger charge is -2.31. The van der Waals surface area contributed by atoms with E-state index in [4.69, 9.17) is 4.74 Å². The average molecular weight is 561 g/mol. The van der Waals surface area contributed by atoms with E-state index in [9.17, 15) is 29.1 Å². The fourth-order valence-corrected chi connectivity index (χ4v) is 4.31. The molecule has 1 aliphatic rings. The number of unbranched alkanes of at least 4 members (excludes halogenated alkanes) is 1. The number of ether oxygens (including phenoxy) is 1. The van der Waals surface area contributed by atoms with Crippen molar-refractivity contribution in [1.29, 1.82) is 0 Å². The van der Waals surface area contributed by atoms with Gasteiger partial charge < -0.3 is 30.7 Å². The summed E-state index contributed by atoms with van der Waals surface area (Å²) >= 11 is 0. The summed E-state index contributed by atoms with van der Waals surface area (Å²) in [7, 11) is 0. The molecule has 0 saturated carbocycles. The van der Waals surface area contributed by atoms with Gasteiger partial charge in [-0.3, -0.25) is 14.4 Å². The van der Waals surface area contributed by atoms with Gasteiger partial charge in [0.1, 0.15) is 24.7 Å². The zero-order valence-electron chi connectivity index (χ0n) is 24.2. The molecule has 0 unspecified atom stereocenters. The van der Waals surface area contributed by atoms with Crippen molar-refractivity contribution in [2.45, 2.75) is 91.5 Å². The van der Waals surface area contributed by atoms with Gasteiger partial charge in [0, 0.05) is 18.5 Å². The van der Waals surface area contributed by atoms with Crippen LogP contribution < -0.4 is 16.0 Å². The number of benzene rings is 1. The number of carboxylic acid groups (broad SMARTS) is 1. The van der Waals surface area contributed by atoms with Crippen LogP contribution in [0.1, 0.15) is 72.3 Å². The van der Waals surface area contributed by atoms with E-state index in [0.29, 0.717) is 38.8 Å². The summed E-state index contributed by atoms with van der Waals surface area (Å²) in [4.78, 5) is 64.2. The molecule has 222 valence electrons. The first-order valence-corrected chi connectivity index (χ1v) is 13.9. The van der Waals surface area contributed by atoms with Gasteiger partial charge in [0.25, 0.3) is 0 Å². The quantitative estimate of drug-likeness (QED) is 0.271. The highest BCUT2D eigenvalue weighted by molar-refractivity contribution is 5.94. The summed E-state index contributed by atoms with van der Waals surface area (Å²) in [6, 6.07) is 6.58. The number of carboxylic acids is 1. The minimum atomic E-state index is -1.06. The normalized spacial score (nSPS) is 16.6. The first-order chi connectivity index (χ1) is 18.8. The Hall–Kier alpha value is -3.63. The fraction of sp³-hybridized carbons (Fsp3) is 0.621. The molecule has 40 heavy (non-hydrogen) atoms. The van der Waals surface area contributed by atoms with Gasteiger partial charge in [0.05, 0.1) is 0 Å². The van der Waals surface area contributed by atoms with Gasteiger partial charge in [-0.25, -0.2) is 9.59 Å². The van der Waals surface area contributed by atoms with Crippen molar-refractivity contribution in [3.8, 4) is 0 Å². The first kappa shape index (κ1) is 32.6. The summed E-state index contributed by atoms with van der Waals surface area (Å²) in [5, 5.41) is 17.7. The van der Waals surface area contributed by atoms with E-state index < -0.39 is 47.4 Å². The Labute approximate surface area is 236 Å². The van der Waals surface area contributed by atoms with Gasteiger partial charge in [0.15, 0.2) is 0 Å². The highest BCUT2D eigenvalue weighted by atomic mass is 16.5. The second kappa shape index (κ2) is 15.2. The summed E-state index contributed by atoms with van der Waals surface area (Å²) in [5.41, 5.74) is 0.141. The molecule has 1 fully saturated rings. The van der Waals surface area contributed by atoms with E-state index in [-0.39, 0.29) is 24.9 Å². The van der Waals surface area contributed by atoms with Crippen LogP contribution in [0.2, 0.25) is 0 Å². The lowest BCUT2D eigenvalue weighted by atomic mass is 9.94. The smallest absolute Gasteiger partial charge is 0.407 e. The molecule has 11 heteroatoms. The number of nitrogens with zero attached hydrogens (tertiary/aromatic N) is 1. The van der Waals surface area contributed by atoms with Gasteiger partial charge in [-0.05, 0) is 43.6 Å². The van der Waals surface area contributed by atoms with Crippen LogP contribution >= 0.6 is 0 Å².